The molecule has 2 aliphatic heterocycles. The maximum Gasteiger partial charge on any atom is 0.296 e. The fourth-order valence-electron chi connectivity index (χ4n) is 4.76. The molecule has 0 bridgehead atoms. The second kappa shape index (κ2) is 9.38. The van der Waals surface area contributed by atoms with E-state index in [1.54, 1.807) is 6.07 Å². The van der Waals surface area contributed by atoms with E-state index in [9.17, 15) is 13.5 Å². The van der Waals surface area contributed by atoms with Gasteiger partial charge >= 0.3 is 0 Å². The number of rotatable bonds is 6. The Morgan fingerprint density at radius 2 is 1.65 bits per heavy atom. The van der Waals surface area contributed by atoms with Gasteiger partial charge in [-0.05, 0) is 22.8 Å². The van der Waals surface area contributed by atoms with Gasteiger partial charge in [0.1, 0.15) is 18.3 Å². The number of aromatic amines is 1. The predicted octanol–water partition coefficient (Wildman–Crippen LogP) is 3.40. The number of fused-ring (bicyclic) bond motifs is 2. The van der Waals surface area contributed by atoms with Crippen molar-refractivity contribution >= 4 is 32.6 Å². The van der Waals surface area contributed by atoms with Gasteiger partial charge in [0.05, 0.1) is 35.2 Å². The van der Waals surface area contributed by atoms with Crippen LogP contribution in [0.4, 0.5) is 0 Å². The van der Waals surface area contributed by atoms with E-state index in [4.69, 9.17) is 25.8 Å². The van der Waals surface area contributed by atoms with Crippen LogP contribution in [-0.2, 0) is 25.1 Å². The number of hydrogen-bond acceptors (Lipinski definition) is 8. The van der Waals surface area contributed by atoms with E-state index in [0.29, 0.717) is 28.5 Å². The summed E-state index contributed by atoms with van der Waals surface area (Å²) in [6.45, 7) is 0.527. The zero-order valence-electron chi connectivity index (χ0n) is 19.8. The summed E-state index contributed by atoms with van der Waals surface area (Å²) in [4.78, 5) is 12.2. The summed E-state index contributed by atoms with van der Waals surface area (Å²) in [6, 6.07) is 17.3. The number of aliphatic hydroxyl groups excluding tert-OH is 1. The largest absolute Gasteiger partial charge is 0.456 e. The van der Waals surface area contributed by atoms with Crippen molar-refractivity contribution in [1.82, 2.24) is 15.0 Å². The minimum atomic E-state index is -3.08. The number of aliphatic hydroxyl groups is 1. The third kappa shape index (κ3) is 4.95. The van der Waals surface area contributed by atoms with Gasteiger partial charge in [-0.1, -0.05) is 60.1 Å². The summed E-state index contributed by atoms with van der Waals surface area (Å²) in [5, 5.41) is 10.4. The molecule has 2 saturated heterocycles. The number of nitrogens with zero attached hydrogens (tertiary/aromatic N) is 2. The highest BCUT2D eigenvalue weighted by Gasteiger charge is 2.48. The van der Waals surface area contributed by atoms with Crippen molar-refractivity contribution in [2.75, 3.05) is 19.5 Å². The van der Waals surface area contributed by atoms with E-state index in [-0.39, 0.29) is 36.7 Å². The number of sulfone groups is 1. The van der Waals surface area contributed by atoms with E-state index in [1.165, 1.54) is 6.26 Å². The zero-order chi connectivity index (χ0) is 25.7. The van der Waals surface area contributed by atoms with Gasteiger partial charge in [-0.2, -0.15) is 4.98 Å². The molecule has 2 N–H and O–H groups in total. The Bertz CT molecular complexity index is 1560. The van der Waals surface area contributed by atoms with Crippen LogP contribution in [0.1, 0.15) is 5.56 Å². The monoisotopic (exact) mass is 541 g/mol. The lowest BCUT2D eigenvalue weighted by atomic mass is 10.0. The van der Waals surface area contributed by atoms with Crippen molar-refractivity contribution < 1.29 is 27.7 Å². The molecule has 2 aliphatic rings. The molecule has 192 valence electrons. The van der Waals surface area contributed by atoms with E-state index < -0.39 is 15.9 Å². The lowest BCUT2D eigenvalue weighted by Crippen LogP contribution is -2.34. The van der Waals surface area contributed by atoms with Crippen LogP contribution in [-0.4, -0.2) is 72.4 Å². The Morgan fingerprint density at radius 1 is 1.00 bits per heavy atom. The Hall–Kier alpha value is -3.02. The van der Waals surface area contributed by atoms with Crippen molar-refractivity contribution in [3.8, 4) is 28.4 Å². The van der Waals surface area contributed by atoms with E-state index >= 15 is 0 Å². The number of hydrogen-bond donors (Lipinski definition) is 2. The number of nitrogens with one attached hydrogen (secondary N) is 1. The number of halogens is 1. The Labute approximate surface area is 218 Å². The summed E-state index contributed by atoms with van der Waals surface area (Å²) in [5.41, 5.74) is 5.23. The first-order valence-electron chi connectivity index (χ1n) is 11.8. The van der Waals surface area contributed by atoms with Crippen LogP contribution in [0.25, 0.3) is 33.5 Å². The topological polar surface area (TPSA) is 124 Å². The number of ether oxygens (including phenoxy) is 3. The van der Waals surface area contributed by atoms with Gasteiger partial charge < -0.3 is 24.3 Å². The normalized spacial score (nSPS) is 23.4. The molecule has 2 aromatic carbocycles. The quantitative estimate of drug-likeness (QED) is 0.381. The van der Waals surface area contributed by atoms with Crippen molar-refractivity contribution in [1.29, 1.82) is 0 Å². The van der Waals surface area contributed by atoms with Gasteiger partial charge in [-0.15, -0.1) is 0 Å². The number of H-pyrrole nitrogens is 1. The molecule has 4 heterocycles. The minimum Gasteiger partial charge on any atom is -0.456 e. The highest BCUT2D eigenvalue weighted by atomic mass is 35.5. The van der Waals surface area contributed by atoms with Gasteiger partial charge in [0, 0.05) is 11.8 Å². The van der Waals surface area contributed by atoms with Gasteiger partial charge in [-0.25, -0.2) is 13.4 Å². The molecule has 9 nitrogen and oxygen atoms in total. The van der Waals surface area contributed by atoms with Crippen LogP contribution in [0.15, 0.2) is 54.6 Å². The van der Waals surface area contributed by atoms with Crippen LogP contribution < -0.4 is 4.74 Å². The molecule has 0 saturated carbocycles. The van der Waals surface area contributed by atoms with Crippen LogP contribution in [0.3, 0.4) is 0 Å². The molecule has 0 spiro atoms. The lowest BCUT2D eigenvalue weighted by Gasteiger charge is -2.15. The molecule has 4 atom stereocenters. The molecular weight excluding hydrogens is 518 g/mol. The smallest absolute Gasteiger partial charge is 0.296 e. The maximum absolute atomic E-state index is 11.5. The highest BCUT2D eigenvalue weighted by molar-refractivity contribution is 7.89. The first-order valence-corrected chi connectivity index (χ1v) is 14.2. The SMILES string of the molecule is CS(=O)(=O)Cc1ccc(-c2ccc(-c3nc4nc(OC5CO[C@@H]6C(O)CO[C@H]56)[nH]c4cc3Cl)cc2)cc1. The van der Waals surface area contributed by atoms with Crippen molar-refractivity contribution in [3.63, 3.8) is 0 Å². The van der Waals surface area contributed by atoms with Gasteiger partial charge in [0.2, 0.25) is 0 Å². The Kier molecular flexibility index (Phi) is 6.16. The minimum absolute atomic E-state index is 0.0191. The van der Waals surface area contributed by atoms with Gasteiger partial charge in [0.15, 0.2) is 21.6 Å². The average molecular weight is 542 g/mol. The van der Waals surface area contributed by atoms with Gasteiger partial charge in [-0.3, -0.25) is 0 Å². The third-order valence-electron chi connectivity index (χ3n) is 6.52. The molecule has 2 unspecified atom stereocenters. The lowest BCUT2D eigenvalue weighted by molar-refractivity contribution is 0.00706. The fourth-order valence-corrected chi connectivity index (χ4v) is 5.82. The molecule has 0 aliphatic carbocycles. The molecule has 37 heavy (non-hydrogen) atoms. The van der Waals surface area contributed by atoms with Gasteiger partial charge in [0.25, 0.3) is 6.01 Å². The Balaban J connectivity index is 1.21. The van der Waals surface area contributed by atoms with E-state index in [1.807, 2.05) is 48.5 Å². The average Bonchev–Trinajstić information content (AvgIpc) is 3.55. The summed E-state index contributed by atoms with van der Waals surface area (Å²) < 4.78 is 40.2. The van der Waals surface area contributed by atoms with Crippen molar-refractivity contribution in [2.24, 2.45) is 0 Å². The second-order valence-corrected chi connectivity index (χ2v) is 11.9. The molecule has 11 heteroatoms. The number of imidazole rings is 1. The number of pyridine rings is 1. The van der Waals surface area contributed by atoms with Crippen molar-refractivity contribution in [2.45, 2.75) is 30.2 Å². The predicted molar refractivity (Wildman–Crippen MR) is 138 cm³/mol. The third-order valence-corrected chi connectivity index (χ3v) is 7.67. The maximum atomic E-state index is 11.5. The standard InChI is InChI=1S/C26H24ClN3O6S/c1-37(32,33)13-14-2-4-15(5-3-14)16-6-8-17(9-7-16)22-18(27)10-19-25(29-22)30-26(28-19)36-21-12-35-23-20(31)11-34-24(21)23/h2-10,20-21,23-24,31H,11-13H2,1H3,(H,28,29,30)/t20?,21?,23-,24-/m1/s1. The molecular formula is C26H24ClN3O6S. The first-order chi connectivity index (χ1) is 17.7. The number of aromatic nitrogens is 3. The molecule has 6 rings (SSSR count). The van der Waals surface area contributed by atoms with Crippen LogP contribution >= 0.6 is 11.6 Å². The van der Waals surface area contributed by atoms with Crippen molar-refractivity contribution in [3.05, 3.63) is 65.2 Å². The van der Waals surface area contributed by atoms with E-state index in [2.05, 4.69) is 15.0 Å². The van der Waals surface area contributed by atoms with Crippen LogP contribution in [0.5, 0.6) is 6.01 Å². The number of benzene rings is 2. The summed E-state index contributed by atoms with van der Waals surface area (Å²) in [5.74, 6) is 0.0191. The molecule has 0 amide bonds. The Morgan fingerprint density at radius 3 is 2.35 bits per heavy atom. The summed E-state index contributed by atoms with van der Waals surface area (Å²) in [7, 11) is -3.08. The first kappa shape index (κ1) is 24.3. The van der Waals surface area contributed by atoms with Crippen LogP contribution in [0.2, 0.25) is 5.02 Å². The molecule has 2 fully saturated rings. The van der Waals surface area contributed by atoms with Crippen LogP contribution in [0, 0.1) is 0 Å². The molecule has 4 aromatic rings. The fraction of sp³-hybridized carbons (Fsp3) is 0.308. The summed E-state index contributed by atoms with van der Waals surface area (Å²) >= 11 is 6.57. The zero-order valence-corrected chi connectivity index (χ0v) is 21.4. The molecule has 2 aromatic heterocycles. The molecule has 0 radical (unpaired) electrons. The second-order valence-electron chi connectivity index (χ2n) is 9.40. The van der Waals surface area contributed by atoms with E-state index in [0.717, 1.165) is 22.3 Å². The summed E-state index contributed by atoms with van der Waals surface area (Å²) in [6.07, 6.45) is -0.538. The highest BCUT2D eigenvalue weighted by Crippen LogP contribution is 2.33.